The summed E-state index contributed by atoms with van der Waals surface area (Å²) >= 11 is 0. The van der Waals surface area contributed by atoms with Crippen molar-refractivity contribution in [3.05, 3.63) is 0 Å². The Balaban J connectivity index is 3.70. The van der Waals surface area contributed by atoms with E-state index < -0.39 is 0 Å². The Morgan fingerprint density at radius 3 is 2.07 bits per heavy atom. The molecule has 0 saturated carbocycles. The number of hydrogen-bond acceptors (Lipinski definition) is 4. The van der Waals surface area contributed by atoms with E-state index in [0.29, 0.717) is 13.0 Å². The van der Waals surface area contributed by atoms with Crippen LogP contribution in [0.15, 0.2) is 0 Å². The SMILES string of the molecule is CCCCCCCC(CCCCC)CCOC(=O)CCCCCCNCCCO. The number of nitrogens with one attached hydrogen (secondary N) is 1. The molecular formula is C25H51NO3. The van der Waals surface area contributed by atoms with Crippen LogP contribution >= 0.6 is 0 Å². The van der Waals surface area contributed by atoms with Crippen LogP contribution in [0.25, 0.3) is 0 Å². The molecule has 2 N–H and O–H groups in total. The van der Waals surface area contributed by atoms with Crippen molar-refractivity contribution >= 4 is 5.97 Å². The minimum Gasteiger partial charge on any atom is -0.466 e. The van der Waals surface area contributed by atoms with Crippen molar-refractivity contribution in [2.24, 2.45) is 5.92 Å². The molecule has 0 saturated heterocycles. The van der Waals surface area contributed by atoms with Crippen LogP contribution in [0.2, 0.25) is 0 Å². The van der Waals surface area contributed by atoms with Gasteiger partial charge in [-0.3, -0.25) is 4.79 Å². The van der Waals surface area contributed by atoms with E-state index in [9.17, 15) is 4.79 Å². The van der Waals surface area contributed by atoms with Gasteiger partial charge in [-0.05, 0) is 44.7 Å². The molecule has 0 amide bonds. The fourth-order valence-electron chi connectivity index (χ4n) is 3.77. The summed E-state index contributed by atoms with van der Waals surface area (Å²) in [4.78, 5) is 12.0. The molecule has 174 valence electrons. The Labute approximate surface area is 181 Å². The maximum atomic E-state index is 12.0. The first-order chi connectivity index (χ1) is 14.2. The molecule has 0 aromatic rings. The lowest BCUT2D eigenvalue weighted by atomic mass is 9.92. The van der Waals surface area contributed by atoms with Crippen molar-refractivity contribution in [2.75, 3.05) is 26.3 Å². The van der Waals surface area contributed by atoms with Crippen molar-refractivity contribution in [2.45, 2.75) is 123 Å². The Morgan fingerprint density at radius 1 is 0.759 bits per heavy atom. The highest BCUT2D eigenvalue weighted by molar-refractivity contribution is 5.69. The maximum absolute atomic E-state index is 12.0. The number of aliphatic hydroxyl groups is 1. The summed E-state index contributed by atoms with van der Waals surface area (Å²) in [6, 6.07) is 0. The Kier molecular flexibility index (Phi) is 23.2. The van der Waals surface area contributed by atoms with E-state index in [1.165, 1.54) is 64.2 Å². The number of hydrogen-bond donors (Lipinski definition) is 2. The van der Waals surface area contributed by atoms with Crippen molar-refractivity contribution in [3.8, 4) is 0 Å². The van der Waals surface area contributed by atoms with E-state index in [1.54, 1.807) is 0 Å². The molecule has 0 rings (SSSR count). The third kappa shape index (κ3) is 21.9. The molecule has 0 aromatic heterocycles. The molecular weight excluding hydrogens is 362 g/mol. The number of unbranched alkanes of at least 4 members (excludes halogenated alkanes) is 9. The fourth-order valence-corrected chi connectivity index (χ4v) is 3.77. The van der Waals surface area contributed by atoms with E-state index >= 15 is 0 Å². The molecule has 1 unspecified atom stereocenters. The number of ether oxygens (including phenoxy) is 1. The van der Waals surface area contributed by atoms with Gasteiger partial charge in [-0.15, -0.1) is 0 Å². The zero-order chi connectivity index (χ0) is 21.4. The summed E-state index contributed by atoms with van der Waals surface area (Å²) < 4.78 is 5.52. The van der Waals surface area contributed by atoms with Gasteiger partial charge in [0.2, 0.25) is 0 Å². The quantitative estimate of drug-likeness (QED) is 0.150. The van der Waals surface area contributed by atoms with Gasteiger partial charge < -0.3 is 15.2 Å². The van der Waals surface area contributed by atoms with Crippen molar-refractivity contribution in [3.63, 3.8) is 0 Å². The van der Waals surface area contributed by atoms with Gasteiger partial charge in [0, 0.05) is 13.0 Å². The zero-order valence-electron chi connectivity index (χ0n) is 19.7. The highest BCUT2D eigenvalue weighted by Gasteiger charge is 2.10. The van der Waals surface area contributed by atoms with Gasteiger partial charge in [0.05, 0.1) is 6.61 Å². The van der Waals surface area contributed by atoms with Gasteiger partial charge in [0.1, 0.15) is 0 Å². The van der Waals surface area contributed by atoms with Gasteiger partial charge in [-0.1, -0.05) is 90.9 Å². The van der Waals surface area contributed by atoms with E-state index in [1.807, 2.05) is 0 Å². The third-order valence-corrected chi connectivity index (χ3v) is 5.72. The first-order valence-corrected chi connectivity index (χ1v) is 12.7. The maximum Gasteiger partial charge on any atom is 0.305 e. The Hall–Kier alpha value is -0.610. The standard InChI is InChI=1S/C25H51NO3/c1-3-5-7-8-12-17-24(16-11-6-4-2)19-23-29-25(28)18-13-9-10-14-20-26-21-15-22-27/h24,26-27H,3-23H2,1-2H3. The molecule has 29 heavy (non-hydrogen) atoms. The fraction of sp³-hybridized carbons (Fsp3) is 0.960. The first kappa shape index (κ1) is 28.4. The molecule has 0 radical (unpaired) electrons. The molecule has 0 heterocycles. The smallest absolute Gasteiger partial charge is 0.305 e. The summed E-state index contributed by atoms with van der Waals surface area (Å²) in [5.74, 6) is 0.718. The summed E-state index contributed by atoms with van der Waals surface area (Å²) in [5.41, 5.74) is 0. The lowest BCUT2D eigenvalue weighted by Gasteiger charge is -2.17. The molecule has 4 nitrogen and oxygen atoms in total. The van der Waals surface area contributed by atoms with Gasteiger partial charge >= 0.3 is 5.97 Å². The van der Waals surface area contributed by atoms with E-state index in [-0.39, 0.29) is 12.6 Å². The van der Waals surface area contributed by atoms with E-state index in [2.05, 4.69) is 19.2 Å². The first-order valence-electron chi connectivity index (χ1n) is 12.7. The van der Waals surface area contributed by atoms with Crippen molar-refractivity contribution in [1.82, 2.24) is 5.32 Å². The largest absolute Gasteiger partial charge is 0.466 e. The topological polar surface area (TPSA) is 58.6 Å². The second kappa shape index (κ2) is 23.7. The van der Waals surface area contributed by atoms with Gasteiger partial charge in [0.25, 0.3) is 0 Å². The minimum absolute atomic E-state index is 0.0127. The van der Waals surface area contributed by atoms with Crippen LogP contribution in [0.4, 0.5) is 0 Å². The second-order valence-electron chi connectivity index (χ2n) is 8.57. The van der Waals surface area contributed by atoms with Crippen LogP contribution in [-0.4, -0.2) is 37.4 Å². The van der Waals surface area contributed by atoms with Crippen LogP contribution in [0.3, 0.4) is 0 Å². The van der Waals surface area contributed by atoms with Gasteiger partial charge in [-0.2, -0.15) is 0 Å². The molecule has 0 aliphatic rings. The van der Waals surface area contributed by atoms with Gasteiger partial charge in [-0.25, -0.2) is 0 Å². The number of rotatable bonds is 23. The van der Waals surface area contributed by atoms with Crippen molar-refractivity contribution < 1.29 is 14.6 Å². The average molecular weight is 414 g/mol. The molecule has 0 bridgehead atoms. The predicted octanol–water partition coefficient (Wildman–Crippen LogP) is 6.40. The van der Waals surface area contributed by atoms with Crippen LogP contribution in [0.5, 0.6) is 0 Å². The molecule has 0 aromatic carbocycles. The van der Waals surface area contributed by atoms with Gasteiger partial charge in [0.15, 0.2) is 0 Å². The summed E-state index contributed by atoms with van der Waals surface area (Å²) in [5, 5.41) is 12.0. The predicted molar refractivity (Wildman–Crippen MR) is 124 cm³/mol. The summed E-state index contributed by atoms with van der Waals surface area (Å²) in [6.45, 7) is 7.28. The van der Waals surface area contributed by atoms with Crippen LogP contribution in [-0.2, 0) is 9.53 Å². The number of carbonyl (C=O) groups excluding carboxylic acids is 1. The molecule has 4 heteroatoms. The average Bonchev–Trinajstić information content (AvgIpc) is 2.72. The number of carbonyl (C=O) groups is 1. The van der Waals surface area contributed by atoms with Crippen molar-refractivity contribution in [1.29, 1.82) is 0 Å². The molecule has 0 fully saturated rings. The Morgan fingerprint density at radius 2 is 1.34 bits per heavy atom. The van der Waals surface area contributed by atoms with Crippen LogP contribution in [0, 0.1) is 5.92 Å². The molecule has 0 spiro atoms. The third-order valence-electron chi connectivity index (χ3n) is 5.72. The highest BCUT2D eigenvalue weighted by Crippen LogP contribution is 2.21. The minimum atomic E-state index is -0.0127. The van der Waals surface area contributed by atoms with E-state index in [0.717, 1.165) is 57.5 Å². The molecule has 1 atom stereocenters. The lowest BCUT2D eigenvalue weighted by molar-refractivity contribution is -0.144. The lowest BCUT2D eigenvalue weighted by Crippen LogP contribution is -2.17. The van der Waals surface area contributed by atoms with E-state index in [4.69, 9.17) is 9.84 Å². The zero-order valence-corrected chi connectivity index (χ0v) is 19.7. The highest BCUT2D eigenvalue weighted by atomic mass is 16.5. The number of esters is 1. The van der Waals surface area contributed by atoms with Crippen LogP contribution in [0.1, 0.15) is 123 Å². The normalized spacial score (nSPS) is 12.2. The molecule has 0 aliphatic carbocycles. The summed E-state index contributed by atoms with van der Waals surface area (Å²) in [7, 11) is 0. The second-order valence-corrected chi connectivity index (χ2v) is 8.57. The number of aliphatic hydroxyl groups excluding tert-OH is 1. The monoisotopic (exact) mass is 413 g/mol. The van der Waals surface area contributed by atoms with Crippen LogP contribution < -0.4 is 5.32 Å². The Bertz CT molecular complexity index is 336. The summed E-state index contributed by atoms with van der Waals surface area (Å²) in [6.07, 6.45) is 20.0. The molecule has 0 aliphatic heterocycles.